The highest BCUT2D eigenvalue weighted by Gasteiger charge is 2.63. The highest BCUT2D eigenvalue weighted by atomic mass is 32.2. The van der Waals surface area contributed by atoms with Crippen molar-refractivity contribution < 1.29 is 55.0 Å². The normalized spacial score (nSPS) is 30.4. The largest absolute Gasteiger partial charge is 0.488 e. The Labute approximate surface area is 341 Å². The number of halogens is 3. The lowest BCUT2D eigenvalue weighted by Crippen LogP contribution is -2.59. The average Bonchev–Trinajstić information content (AvgIpc) is 4.11. The Kier molecular flexibility index (Phi) is 11.1. The smallest absolute Gasteiger partial charge is 0.427 e. The molecule has 7 atom stereocenters. The van der Waals surface area contributed by atoms with Crippen molar-refractivity contribution >= 4 is 44.6 Å². The number of alkyl carbamates (subject to hydrolysis) is 1. The first-order valence-electron chi connectivity index (χ1n) is 20.3. The van der Waals surface area contributed by atoms with Gasteiger partial charge in [-0.15, -0.1) is 0 Å². The van der Waals surface area contributed by atoms with Crippen LogP contribution in [0.15, 0.2) is 42.6 Å². The van der Waals surface area contributed by atoms with Gasteiger partial charge < -0.3 is 29.7 Å². The molecule has 59 heavy (non-hydrogen) atoms. The minimum absolute atomic E-state index is 0.0346. The quantitative estimate of drug-likeness (QED) is 0.275. The van der Waals surface area contributed by atoms with Gasteiger partial charge in [0.2, 0.25) is 33.3 Å². The highest BCUT2D eigenvalue weighted by molar-refractivity contribution is 7.91. The van der Waals surface area contributed by atoms with E-state index in [-0.39, 0.29) is 37.3 Å². The maximum absolute atomic E-state index is 14.8. The fourth-order valence-electron chi connectivity index (χ4n) is 7.89. The number of carbonyl (C=O) groups is 4. The van der Waals surface area contributed by atoms with E-state index in [1.807, 2.05) is 25.1 Å². The lowest BCUT2D eigenvalue weighted by Gasteiger charge is -2.34. The van der Waals surface area contributed by atoms with Gasteiger partial charge in [-0.3, -0.25) is 19.1 Å². The van der Waals surface area contributed by atoms with Crippen molar-refractivity contribution in [1.29, 1.82) is 0 Å². The summed E-state index contributed by atoms with van der Waals surface area (Å²) in [6.07, 6.45) is 2.24. The molecule has 0 unspecified atom stereocenters. The third kappa shape index (κ3) is 8.83. The Morgan fingerprint density at radius 1 is 1.00 bits per heavy atom. The van der Waals surface area contributed by atoms with Crippen molar-refractivity contribution in [1.82, 2.24) is 25.2 Å². The number of ether oxygens (including phenoxy) is 3. The monoisotopic (exact) mass is 847 g/mol. The molecule has 5 aliphatic rings. The van der Waals surface area contributed by atoms with Crippen LogP contribution in [0.1, 0.15) is 92.4 Å². The van der Waals surface area contributed by atoms with Crippen LogP contribution < -0.4 is 24.8 Å². The molecule has 18 heteroatoms. The number of fused-ring (bicyclic) bond motifs is 3. The Balaban J connectivity index is 1.22. The molecule has 2 aromatic rings. The van der Waals surface area contributed by atoms with E-state index >= 15 is 0 Å². The van der Waals surface area contributed by atoms with Crippen LogP contribution in [0.4, 0.5) is 18.0 Å². The predicted molar refractivity (Wildman–Crippen MR) is 208 cm³/mol. The third-order valence-electron chi connectivity index (χ3n) is 12.4. The van der Waals surface area contributed by atoms with Crippen molar-refractivity contribution in [3.8, 4) is 11.6 Å². The van der Waals surface area contributed by atoms with Gasteiger partial charge in [0.15, 0.2) is 0 Å². The first-order chi connectivity index (χ1) is 27.6. The molecule has 3 saturated carbocycles. The van der Waals surface area contributed by atoms with Gasteiger partial charge in [0.1, 0.15) is 29.5 Å². The summed E-state index contributed by atoms with van der Waals surface area (Å²) in [5.74, 6) is -2.86. The topological polar surface area (TPSA) is 182 Å². The van der Waals surface area contributed by atoms with E-state index in [4.69, 9.17) is 14.2 Å². The number of nitrogens with one attached hydrogen (secondary N) is 3. The van der Waals surface area contributed by atoms with Crippen molar-refractivity contribution in [3.05, 3.63) is 42.6 Å². The molecule has 1 aromatic carbocycles. The van der Waals surface area contributed by atoms with Crippen molar-refractivity contribution in [2.45, 2.75) is 139 Å². The van der Waals surface area contributed by atoms with Crippen LogP contribution in [-0.4, -0.2) is 95.0 Å². The van der Waals surface area contributed by atoms with Gasteiger partial charge >= 0.3 is 12.3 Å². The molecule has 14 nitrogen and oxygen atoms in total. The second-order valence-corrected chi connectivity index (χ2v) is 20.0. The number of carbonyl (C=O) groups excluding carboxylic acids is 4. The number of rotatable bonds is 9. The van der Waals surface area contributed by atoms with Crippen LogP contribution in [0.25, 0.3) is 10.8 Å². The van der Waals surface area contributed by atoms with Crippen molar-refractivity contribution in [2.24, 2.45) is 17.8 Å². The molecular weight excluding hydrogens is 796 g/mol. The molecular formula is C41H52F3N5O9S. The van der Waals surface area contributed by atoms with E-state index < -0.39 is 85.9 Å². The number of pyridine rings is 1. The number of hydrogen-bond acceptors (Lipinski definition) is 10. The summed E-state index contributed by atoms with van der Waals surface area (Å²) in [4.78, 5) is 62.2. The molecule has 322 valence electrons. The summed E-state index contributed by atoms with van der Waals surface area (Å²) in [5.41, 5.74) is -4.52. The van der Waals surface area contributed by atoms with Crippen LogP contribution >= 0.6 is 0 Å². The minimum Gasteiger partial charge on any atom is -0.488 e. The van der Waals surface area contributed by atoms with Crippen LogP contribution in [0.2, 0.25) is 0 Å². The summed E-state index contributed by atoms with van der Waals surface area (Å²) in [6.45, 7) is 6.37. The van der Waals surface area contributed by atoms with E-state index in [1.165, 1.54) is 4.90 Å². The molecule has 3 N–H and O–H groups in total. The lowest BCUT2D eigenvalue weighted by atomic mass is 9.88. The fourth-order valence-corrected chi connectivity index (χ4v) is 9.21. The molecule has 1 aromatic heterocycles. The number of aromatic nitrogens is 1. The van der Waals surface area contributed by atoms with Crippen LogP contribution in [0.5, 0.6) is 11.6 Å². The Hall–Kier alpha value is -4.61. The maximum atomic E-state index is 14.8. The summed E-state index contributed by atoms with van der Waals surface area (Å²) in [6, 6.07) is 4.57. The van der Waals surface area contributed by atoms with Crippen LogP contribution in [0.3, 0.4) is 0 Å². The van der Waals surface area contributed by atoms with Gasteiger partial charge in [-0.05, 0) is 90.0 Å². The van der Waals surface area contributed by atoms with Gasteiger partial charge in [0.25, 0.3) is 5.91 Å². The van der Waals surface area contributed by atoms with E-state index in [9.17, 15) is 40.8 Å². The highest BCUT2D eigenvalue weighted by Crippen LogP contribution is 2.48. The number of alkyl halides is 3. The first-order valence-corrected chi connectivity index (χ1v) is 21.7. The number of amides is 4. The van der Waals surface area contributed by atoms with E-state index in [1.54, 1.807) is 38.3 Å². The lowest BCUT2D eigenvalue weighted by molar-refractivity contribution is -0.244. The number of benzene rings is 1. The number of allylic oxidation sites excluding steroid dienone is 1. The minimum atomic E-state index is -4.91. The summed E-state index contributed by atoms with van der Waals surface area (Å²) in [5, 5.41) is 6.57. The van der Waals surface area contributed by atoms with Gasteiger partial charge in [0, 0.05) is 23.1 Å². The molecule has 1 saturated heterocycles. The fraction of sp³-hybridized carbons (Fsp3) is 0.634. The summed E-state index contributed by atoms with van der Waals surface area (Å²) in [7, 11) is -4.08. The molecule has 4 fully saturated rings. The van der Waals surface area contributed by atoms with E-state index in [0.29, 0.717) is 57.1 Å². The zero-order valence-electron chi connectivity index (χ0n) is 33.8. The maximum Gasteiger partial charge on any atom is 0.427 e. The zero-order chi connectivity index (χ0) is 42.7. The standard InChI is InChI=1S/C41H52F3N5O9S/c1-23-10-6-7-11-25-20-40(25,36(52)48-59(54,55)39(5)16-17-39)47-33(50)30-19-27(57-34-29-13-9-8-12-28(29)31(21-45-34)56-26-14-15-26)22-49(30)35(51)32(24(2)18-23)46-37(53)58-38(3,4)41(42,43)44/h7-9,11-13,21,23-27,30,32H,6,10,14-20,22H2,1-5H3,(H,46,53)(H,47,50)(H,48,52)/b11-7-/t23-,24-,25-,27-,30+,32+,40-/m1/s1. The Bertz CT molecular complexity index is 2140. The molecule has 2 aliphatic heterocycles. The van der Waals surface area contributed by atoms with Crippen molar-refractivity contribution in [2.75, 3.05) is 6.54 Å². The third-order valence-corrected chi connectivity index (χ3v) is 14.5. The molecule has 4 amide bonds. The van der Waals surface area contributed by atoms with Gasteiger partial charge in [-0.2, -0.15) is 13.2 Å². The number of nitrogens with zero attached hydrogens (tertiary/aromatic N) is 2. The predicted octanol–water partition coefficient (Wildman–Crippen LogP) is 5.45. The second kappa shape index (κ2) is 15.4. The number of sulfonamides is 1. The Morgan fingerprint density at radius 2 is 1.69 bits per heavy atom. The first kappa shape index (κ1) is 42.5. The molecule has 0 bridgehead atoms. The molecule has 0 spiro atoms. The number of hydrogen-bond donors (Lipinski definition) is 3. The zero-order valence-corrected chi connectivity index (χ0v) is 34.6. The molecule has 0 radical (unpaired) electrons. The second-order valence-electron chi connectivity index (χ2n) is 17.8. The summed E-state index contributed by atoms with van der Waals surface area (Å²) >= 11 is 0. The SMILES string of the molecule is C[C@@H]1CC/C=C\[C@@H]2C[C@@]2(C(=O)NS(=O)(=O)C2(C)CC2)NC(=O)[C@@H]2C[C@@H](Oc3ncc(OC4CC4)c4ccccc34)CN2C(=O)[C@@H](NC(=O)OC(C)(C)C(F)(F)F)[C@H](C)C1. The van der Waals surface area contributed by atoms with Crippen molar-refractivity contribution in [3.63, 3.8) is 0 Å². The van der Waals surface area contributed by atoms with Gasteiger partial charge in [-0.25, -0.2) is 18.2 Å². The average molecular weight is 848 g/mol. The Morgan fingerprint density at radius 3 is 2.36 bits per heavy atom. The molecule has 3 aliphatic carbocycles. The van der Waals surface area contributed by atoms with Crippen LogP contribution in [-0.2, 0) is 29.1 Å². The molecule has 3 heterocycles. The van der Waals surface area contributed by atoms with E-state index in [0.717, 1.165) is 18.2 Å². The van der Waals surface area contributed by atoms with Gasteiger partial charge in [-0.1, -0.05) is 44.2 Å². The van der Waals surface area contributed by atoms with Gasteiger partial charge in [0.05, 0.1) is 23.6 Å². The molecule has 7 rings (SSSR count). The van der Waals surface area contributed by atoms with Crippen LogP contribution in [0, 0.1) is 17.8 Å². The summed E-state index contributed by atoms with van der Waals surface area (Å²) < 4.78 is 86.1. The van der Waals surface area contributed by atoms with E-state index in [2.05, 4.69) is 20.3 Å².